The van der Waals surface area contributed by atoms with Crippen LogP contribution in [0.4, 0.5) is 0 Å². The van der Waals surface area contributed by atoms with Gasteiger partial charge in [-0.1, -0.05) is 0 Å². The zero-order valence-electron chi connectivity index (χ0n) is 2.12. The van der Waals surface area contributed by atoms with Gasteiger partial charge in [0, 0.05) is 9.93 Å². The van der Waals surface area contributed by atoms with Crippen molar-refractivity contribution < 1.29 is 9.46 Å². The summed E-state index contributed by atoms with van der Waals surface area (Å²) in [5.41, 5.74) is 0. The first-order valence-electron chi connectivity index (χ1n) is 0.549. The second-order valence-corrected chi connectivity index (χ2v) is 0.245. The second-order valence-electron chi connectivity index (χ2n) is 0.0816. The summed E-state index contributed by atoms with van der Waals surface area (Å²) in [6.07, 6.45) is 0. The molecule has 0 rings (SSSR count). The Kier molecular flexibility index (Phi) is 105. The molecule has 5 heavy (non-hydrogen) atoms. The second kappa shape index (κ2) is 59.5. The average molecular weight is 96.0 g/mol. The highest BCUT2D eigenvalue weighted by atomic mass is 31.1. The van der Waals surface area contributed by atoms with Crippen molar-refractivity contribution in [1.29, 1.82) is 0 Å². The Morgan fingerprint density at radius 2 is 1.40 bits per heavy atom. The van der Waals surface area contributed by atoms with E-state index < -0.39 is 8.69 Å². The van der Waals surface area contributed by atoms with Crippen molar-refractivity contribution in [2.24, 2.45) is 0 Å². The van der Waals surface area contributed by atoms with Crippen LogP contribution in [0.25, 0.3) is 0 Å². The summed E-state index contributed by atoms with van der Waals surface area (Å²) in [5.74, 6) is 0. The van der Waals surface area contributed by atoms with Crippen LogP contribution in [-0.4, -0.2) is 4.89 Å². The molecule has 0 unspecified atom stereocenters. The predicted molar refractivity (Wildman–Crippen MR) is 16.6 cm³/mol. The lowest BCUT2D eigenvalue weighted by atomic mass is 15.3. The minimum absolute atomic E-state index is 0.833. The summed E-state index contributed by atoms with van der Waals surface area (Å²) in [6, 6.07) is 0. The molecule has 0 amide bonds. The van der Waals surface area contributed by atoms with E-state index in [0.717, 1.165) is 0 Å². The van der Waals surface area contributed by atoms with E-state index in [1.807, 2.05) is 0 Å². The summed E-state index contributed by atoms with van der Waals surface area (Å²) in [4.78, 5) is 21.0. The summed E-state index contributed by atoms with van der Waals surface area (Å²) >= 11 is 0. The molecule has 0 saturated heterocycles. The lowest BCUT2D eigenvalue weighted by Gasteiger charge is -1.24. The van der Waals surface area contributed by atoms with Crippen LogP contribution >= 0.6 is 8.69 Å². The standard InChI is InChI=1S/HO2P.O2/c1-3-2;1-2/h(H,1,2);. The Bertz CT molecular complexity index is 17.6. The maximum absolute atomic E-state index is 8.46. The predicted octanol–water partition coefficient (Wildman–Crippen LogP) is 0.252. The van der Waals surface area contributed by atoms with Crippen LogP contribution in [0.5, 0.6) is 0 Å². The molecule has 1 N–H and O–H groups in total. The van der Waals surface area contributed by atoms with Crippen molar-refractivity contribution >= 4 is 8.69 Å². The highest BCUT2D eigenvalue weighted by Gasteiger charge is 1.28. The summed E-state index contributed by atoms with van der Waals surface area (Å²) < 4.78 is 8.46. The third-order valence-corrected chi connectivity index (χ3v) is 0. The molecule has 0 aliphatic carbocycles. The fraction of sp³-hybridized carbons (Fsp3) is 0. The summed E-state index contributed by atoms with van der Waals surface area (Å²) in [6.45, 7) is 0. The molecule has 0 aliphatic heterocycles. The normalized spacial score (nSPS) is 5.00. The third-order valence-electron chi connectivity index (χ3n) is 0. The lowest BCUT2D eigenvalue weighted by molar-refractivity contribution is 0.524. The first-order chi connectivity index (χ1) is 2.41. The van der Waals surface area contributed by atoms with Crippen molar-refractivity contribution in [3.8, 4) is 0 Å². The van der Waals surface area contributed by atoms with Crippen LogP contribution in [-0.2, 0) is 4.57 Å². The van der Waals surface area contributed by atoms with Gasteiger partial charge in [-0.3, -0.25) is 0 Å². The maximum Gasteiger partial charge on any atom is 0.324 e. The van der Waals surface area contributed by atoms with Crippen molar-refractivity contribution in [1.82, 2.24) is 0 Å². The molecule has 0 aromatic heterocycles. The molecule has 0 radical (unpaired) electrons. The molecule has 0 bridgehead atoms. The molecule has 4 nitrogen and oxygen atoms in total. The molecule has 5 heteroatoms. The van der Waals surface area contributed by atoms with Crippen LogP contribution in [0, 0.1) is 9.93 Å². The summed E-state index contributed by atoms with van der Waals surface area (Å²) in [5, 5.41) is 0. The zero-order chi connectivity index (χ0) is 4.71. The van der Waals surface area contributed by atoms with E-state index in [0.29, 0.717) is 0 Å². The van der Waals surface area contributed by atoms with Crippen LogP contribution in [0.3, 0.4) is 0 Å². The topological polar surface area (TPSA) is 71.4 Å². The molecule has 0 heterocycles. The Morgan fingerprint density at radius 1 is 1.40 bits per heavy atom. The quantitative estimate of drug-likeness (QED) is 0.439. The van der Waals surface area contributed by atoms with Gasteiger partial charge in [-0.05, 0) is 0 Å². The molecular formula is HO4P. The third kappa shape index (κ3) is 87.2. The number of hydrogen-bond donors (Lipinski definition) is 1. The van der Waals surface area contributed by atoms with Gasteiger partial charge in [0.15, 0.2) is 0 Å². The van der Waals surface area contributed by atoms with Gasteiger partial charge in [-0.2, -0.15) is 0 Å². The van der Waals surface area contributed by atoms with E-state index in [2.05, 4.69) is 0 Å². The Hall–Kier alpha value is -0.340. The lowest BCUT2D eigenvalue weighted by Crippen LogP contribution is -1.03. The van der Waals surface area contributed by atoms with Gasteiger partial charge >= 0.3 is 8.69 Å². The van der Waals surface area contributed by atoms with Crippen molar-refractivity contribution in [2.45, 2.75) is 0 Å². The number of hydrogen-bond acceptors (Lipinski definition) is 3. The smallest absolute Gasteiger partial charge is 0.310 e. The zero-order valence-corrected chi connectivity index (χ0v) is 3.01. The van der Waals surface area contributed by atoms with Crippen LogP contribution in [0.1, 0.15) is 0 Å². The van der Waals surface area contributed by atoms with E-state index in [9.17, 15) is 0 Å². The fourth-order valence-corrected chi connectivity index (χ4v) is 0. The highest BCUT2D eigenvalue weighted by molar-refractivity contribution is 7.16. The van der Waals surface area contributed by atoms with Crippen molar-refractivity contribution in [3.05, 3.63) is 9.93 Å². The van der Waals surface area contributed by atoms with Crippen LogP contribution < -0.4 is 0 Å². The minimum Gasteiger partial charge on any atom is -0.310 e. The molecule has 30 valence electrons. The SMILES string of the molecule is O=O.O=PO. The summed E-state index contributed by atoms with van der Waals surface area (Å²) in [7, 11) is -0.833. The van der Waals surface area contributed by atoms with E-state index in [1.165, 1.54) is 0 Å². The Balaban J connectivity index is 0. The van der Waals surface area contributed by atoms with Gasteiger partial charge in [0.1, 0.15) is 0 Å². The molecule has 0 fully saturated rings. The van der Waals surface area contributed by atoms with E-state index in [4.69, 9.17) is 19.4 Å². The Morgan fingerprint density at radius 3 is 1.40 bits per heavy atom. The Labute approximate surface area is 29.3 Å². The molecular weight excluding hydrogens is 95.0 g/mol. The highest BCUT2D eigenvalue weighted by Crippen LogP contribution is 1.66. The molecule has 0 saturated carbocycles. The number of rotatable bonds is 0. The average Bonchev–Trinajstić information content (AvgIpc) is 1.46. The molecule has 0 aliphatic rings. The molecule has 0 aromatic carbocycles. The van der Waals surface area contributed by atoms with Gasteiger partial charge in [-0.15, -0.1) is 0 Å². The van der Waals surface area contributed by atoms with Crippen molar-refractivity contribution in [2.75, 3.05) is 0 Å². The van der Waals surface area contributed by atoms with Crippen molar-refractivity contribution in [3.63, 3.8) is 0 Å². The first-order valence-corrected chi connectivity index (χ1v) is 1.31. The van der Waals surface area contributed by atoms with Gasteiger partial charge < -0.3 is 4.89 Å². The minimum atomic E-state index is -0.833. The van der Waals surface area contributed by atoms with Gasteiger partial charge in [-0.25, -0.2) is 4.57 Å². The van der Waals surface area contributed by atoms with E-state index in [-0.39, 0.29) is 0 Å². The van der Waals surface area contributed by atoms with Gasteiger partial charge in [0.25, 0.3) is 0 Å². The van der Waals surface area contributed by atoms with Gasteiger partial charge in [0.2, 0.25) is 0 Å². The monoisotopic (exact) mass is 96.0 g/mol. The van der Waals surface area contributed by atoms with Gasteiger partial charge in [0.05, 0.1) is 0 Å². The van der Waals surface area contributed by atoms with E-state index in [1.54, 1.807) is 0 Å². The first kappa shape index (κ1) is 8.82. The molecule has 0 aromatic rings. The molecule has 0 atom stereocenters. The van der Waals surface area contributed by atoms with E-state index >= 15 is 0 Å². The van der Waals surface area contributed by atoms with Crippen LogP contribution in [0.15, 0.2) is 0 Å². The fourth-order valence-electron chi connectivity index (χ4n) is 0. The largest absolute Gasteiger partial charge is 0.324 e. The van der Waals surface area contributed by atoms with Crippen LogP contribution in [0.2, 0.25) is 0 Å². The molecule has 0 spiro atoms. The maximum atomic E-state index is 8.46.